The Balaban J connectivity index is 1.59. The van der Waals surface area contributed by atoms with Crippen LogP contribution in [0.3, 0.4) is 0 Å². The van der Waals surface area contributed by atoms with Crippen molar-refractivity contribution in [3.8, 4) is 5.75 Å². The van der Waals surface area contributed by atoms with Crippen molar-refractivity contribution in [1.82, 2.24) is 4.90 Å². The van der Waals surface area contributed by atoms with E-state index in [1.165, 1.54) is 4.90 Å². The molecular formula is C24H25N2O5+. The van der Waals surface area contributed by atoms with E-state index in [4.69, 9.17) is 13.9 Å². The van der Waals surface area contributed by atoms with Gasteiger partial charge in [-0.3, -0.25) is 9.59 Å². The number of carbonyl (C=O) groups is 1. The predicted octanol–water partition coefficient (Wildman–Crippen LogP) is 1.26. The number of hydrogen-bond acceptors (Lipinski definition) is 5. The average Bonchev–Trinajstić information content (AvgIpc) is 3.10. The molecular weight excluding hydrogens is 396 g/mol. The Labute approximate surface area is 179 Å². The van der Waals surface area contributed by atoms with Crippen molar-refractivity contribution >= 4 is 16.9 Å². The van der Waals surface area contributed by atoms with Crippen molar-refractivity contribution in [3.05, 3.63) is 75.6 Å². The molecule has 0 radical (unpaired) electrons. The summed E-state index contributed by atoms with van der Waals surface area (Å²) in [7, 11) is 1.55. The summed E-state index contributed by atoms with van der Waals surface area (Å²) in [4.78, 5) is 30.1. The van der Waals surface area contributed by atoms with Crippen LogP contribution in [0.15, 0.2) is 57.7 Å². The lowest BCUT2D eigenvalue weighted by molar-refractivity contribution is -0.907. The minimum absolute atomic E-state index is 0.136. The highest BCUT2D eigenvalue weighted by Crippen LogP contribution is 2.38. The number of quaternary nitrogens is 1. The minimum Gasteiger partial charge on any atom is -0.497 e. The van der Waals surface area contributed by atoms with E-state index >= 15 is 0 Å². The Morgan fingerprint density at radius 3 is 2.61 bits per heavy atom. The first-order chi connectivity index (χ1) is 15.2. The Kier molecular flexibility index (Phi) is 5.21. The van der Waals surface area contributed by atoms with Gasteiger partial charge in [-0.15, -0.1) is 0 Å². The van der Waals surface area contributed by atoms with E-state index in [0.29, 0.717) is 28.8 Å². The van der Waals surface area contributed by atoms with E-state index in [1.807, 2.05) is 30.3 Å². The molecule has 1 aromatic heterocycles. The SMILES string of the molecule is COc1ccc2c(=O)c3c(oc2c1)C(=O)N(CC[NH+]1CCOCC1)[C@H]3c1ccccc1. The summed E-state index contributed by atoms with van der Waals surface area (Å²) < 4.78 is 16.7. The fraction of sp³-hybridized carbons (Fsp3) is 0.333. The molecule has 2 aromatic carbocycles. The number of nitrogens with one attached hydrogen (secondary N) is 1. The van der Waals surface area contributed by atoms with Crippen molar-refractivity contribution in [3.63, 3.8) is 0 Å². The van der Waals surface area contributed by atoms with Crippen LogP contribution in [0, 0.1) is 0 Å². The molecule has 1 saturated heterocycles. The Bertz CT molecular complexity index is 1170. The van der Waals surface area contributed by atoms with Gasteiger partial charge in [-0.1, -0.05) is 30.3 Å². The Morgan fingerprint density at radius 1 is 1.10 bits per heavy atom. The van der Waals surface area contributed by atoms with Crippen molar-refractivity contribution < 1.29 is 23.6 Å². The highest BCUT2D eigenvalue weighted by atomic mass is 16.5. The molecule has 7 nitrogen and oxygen atoms in total. The number of morpholine rings is 1. The number of benzene rings is 2. The van der Waals surface area contributed by atoms with Crippen LogP contribution in [0.5, 0.6) is 5.75 Å². The maximum atomic E-state index is 13.5. The number of rotatable bonds is 5. The molecule has 0 unspecified atom stereocenters. The number of nitrogens with zero attached hydrogens (tertiary/aromatic N) is 1. The van der Waals surface area contributed by atoms with Crippen LogP contribution in [0.1, 0.15) is 27.7 Å². The zero-order valence-electron chi connectivity index (χ0n) is 17.4. The van der Waals surface area contributed by atoms with E-state index in [9.17, 15) is 9.59 Å². The quantitative estimate of drug-likeness (QED) is 0.672. The molecule has 0 bridgehead atoms. The minimum atomic E-state index is -0.452. The largest absolute Gasteiger partial charge is 0.497 e. The molecule has 1 fully saturated rings. The monoisotopic (exact) mass is 421 g/mol. The first-order valence-electron chi connectivity index (χ1n) is 10.6. The van der Waals surface area contributed by atoms with Crippen molar-refractivity contribution in [2.45, 2.75) is 6.04 Å². The summed E-state index contributed by atoms with van der Waals surface area (Å²) in [6, 6.07) is 14.3. The molecule has 0 aliphatic carbocycles. The van der Waals surface area contributed by atoms with Crippen LogP contribution >= 0.6 is 0 Å². The van der Waals surface area contributed by atoms with E-state index in [0.717, 1.165) is 38.4 Å². The summed E-state index contributed by atoms with van der Waals surface area (Å²) in [6.07, 6.45) is 0. The van der Waals surface area contributed by atoms with Gasteiger partial charge in [-0.25, -0.2) is 0 Å². The topological polar surface area (TPSA) is 73.4 Å². The molecule has 31 heavy (non-hydrogen) atoms. The summed E-state index contributed by atoms with van der Waals surface area (Å²) in [6.45, 7) is 4.65. The first-order valence-corrected chi connectivity index (χ1v) is 10.6. The van der Waals surface area contributed by atoms with Crippen LogP contribution < -0.4 is 15.1 Å². The second-order valence-corrected chi connectivity index (χ2v) is 7.96. The van der Waals surface area contributed by atoms with E-state index in [2.05, 4.69) is 0 Å². The molecule has 1 atom stereocenters. The van der Waals surface area contributed by atoms with Gasteiger partial charge >= 0.3 is 0 Å². The normalized spacial score (nSPS) is 19.1. The van der Waals surface area contributed by atoms with Crippen LogP contribution in [0.25, 0.3) is 11.0 Å². The van der Waals surface area contributed by atoms with Crippen LogP contribution in [0.2, 0.25) is 0 Å². The van der Waals surface area contributed by atoms with Crippen LogP contribution in [-0.4, -0.2) is 57.3 Å². The average molecular weight is 421 g/mol. The Morgan fingerprint density at radius 2 is 1.87 bits per heavy atom. The molecule has 0 spiro atoms. The highest BCUT2D eigenvalue weighted by molar-refractivity contribution is 5.99. The van der Waals surface area contributed by atoms with Crippen molar-refractivity contribution in [2.24, 2.45) is 0 Å². The third-order valence-electron chi connectivity index (χ3n) is 6.20. The van der Waals surface area contributed by atoms with E-state index in [-0.39, 0.29) is 17.1 Å². The molecule has 5 rings (SSSR count). The van der Waals surface area contributed by atoms with Gasteiger partial charge in [0.2, 0.25) is 5.76 Å². The molecule has 7 heteroatoms. The van der Waals surface area contributed by atoms with Gasteiger partial charge < -0.3 is 23.7 Å². The van der Waals surface area contributed by atoms with Gasteiger partial charge in [-0.05, 0) is 17.7 Å². The fourth-order valence-corrected chi connectivity index (χ4v) is 4.53. The van der Waals surface area contributed by atoms with Gasteiger partial charge in [0, 0.05) is 6.07 Å². The summed E-state index contributed by atoms with van der Waals surface area (Å²) >= 11 is 0. The molecule has 160 valence electrons. The van der Waals surface area contributed by atoms with E-state index < -0.39 is 6.04 Å². The maximum absolute atomic E-state index is 13.5. The zero-order chi connectivity index (χ0) is 21.4. The van der Waals surface area contributed by atoms with Gasteiger partial charge in [-0.2, -0.15) is 0 Å². The first kappa shape index (κ1) is 19.8. The van der Waals surface area contributed by atoms with Gasteiger partial charge in [0.1, 0.15) is 24.4 Å². The summed E-state index contributed by atoms with van der Waals surface area (Å²) in [5.41, 5.74) is 1.53. The molecule has 3 heterocycles. The lowest BCUT2D eigenvalue weighted by Gasteiger charge is -2.29. The van der Waals surface area contributed by atoms with Crippen molar-refractivity contribution in [1.29, 1.82) is 0 Å². The predicted molar refractivity (Wildman–Crippen MR) is 115 cm³/mol. The molecule has 0 saturated carbocycles. The maximum Gasteiger partial charge on any atom is 0.291 e. The zero-order valence-corrected chi connectivity index (χ0v) is 17.4. The number of hydrogen-bond donors (Lipinski definition) is 1. The van der Waals surface area contributed by atoms with Crippen LogP contribution in [0.4, 0.5) is 0 Å². The van der Waals surface area contributed by atoms with Gasteiger partial charge in [0.25, 0.3) is 5.91 Å². The molecule has 3 aromatic rings. The standard InChI is InChI=1S/C24H24N2O5/c1-29-17-7-8-18-19(15-17)31-23-20(22(18)27)21(16-5-3-2-4-6-16)26(24(23)28)10-9-25-11-13-30-14-12-25/h2-8,15,21H,9-14H2,1H3/p+1/t21-/m0/s1. The third-order valence-corrected chi connectivity index (χ3v) is 6.20. The Hall–Kier alpha value is -3.16. The van der Waals surface area contributed by atoms with E-state index in [1.54, 1.807) is 30.2 Å². The smallest absolute Gasteiger partial charge is 0.291 e. The summed E-state index contributed by atoms with van der Waals surface area (Å²) in [5, 5.41) is 0.453. The second kappa shape index (κ2) is 8.17. The number of ether oxygens (including phenoxy) is 2. The van der Waals surface area contributed by atoms with Crippen molar-refractivity contribution in [2.75, 3.05) is 46.5 Å². The molecule has 2 aliphatic heterocycles. The molecule has 1 N–H and O–H groups in total. The highest BCUT2D eigenvalue weighted by Gasteiger charge is 2.43. The lowest BCUT2D eigenvalue weighted by Crippen LogP contribution is -3.14. The van der Waals surface area contributed by atoms with Gasteiger partial charge in [0.05, 0.1) is 50.4 Å². The van der Waals surface area contributed by atoms with Gasteiger partial charge in [0.15, 0.2) is 5.43 Å². The lowest BCUT2D eigenvalue weighted by atomic mass is 9.98. The molecule has 1 amide bonds. The number of amides is 1. The molecule has 2 aliphatic rings. The second-order valence-electron chi connectivity index (χ2n) is 7.96. The summed E-state index contributed by atoms with van der Waals surface area (Å²) in [5.74, 6) is 0.475. The third kappa shape index (κ3) is 3.49. The number of carbonyl (C=O) groups excluding carboxylic acids is 1. The number of fused-ring (bicyclic) bond motifs is 2. The number of methoxy groups -OCH3 is 1. The fourth-order valence-electron chi connectivity index (χ4n) is 4.53. The van der Waals surface area contributed by atoms with Crippen LogP contribution in [-0.2, 0) is 4.74 Å².